The predicted molar refractivity (Wildman–Crippen MR) is 5.75 cm³/mol. The summed E-state index contributed by atoms with van der Waals surface area (Å²) < 4.78 is 0. The Balaban J connectivity index is 0. The van der Waals surface area contributed by atoms with Gasteiger partial charge in [0.2, 0.25) is 0 Å². The molecule has 0 fully saturated rings. The Hall–Kier alpha value is 3.83. The van der Waals surface area contributed by atoms with Gasteiger partial charge < -0.3 is 0 Å². The number of hydrogen-bond acceptors (Lipinski definition) is 0. The molecule has 5 heavy (non-hydrogen) atoms. The van der Waals surface area contributed by atoms with E-state index < -0.39 is 0 Å². The fourth-order valence-corrected chi connectivity index (χ4v) is 0. The molecule has 0 aliphatic carbocycles. The Morgan fingerprint density at radius 2 is 1.00 bits per heavy atom. The van der Waals surface area contributed by atoms with Crippen molar-refractivity contribution in [1.82, 2.24) is 0 Å². The van der Waals surface area contributed by atoms with Gasteiger partial charge >= 0.3 is 0 Å². The van der Waals surface area contributed by atoms with Gasteiger partial charge in [0.1, 0.15) is 0 Å². The quantitative estimate of drug-likeness (QED) is 0.528. The minimum absolute atomic E-state index is 0. The van der Waals surface area contributed by atoms with Gasteiger partial charge in [0.15, 0.2) is 0 Å². The van der Waals surface area contributed by atoms with Crippen molar-refractivity contribution in [3.05, 3.63) is 0 Å². The molecule has 0 aliphatic heterocycles. The van der Waals surface area contributed by atoms with Crippen LogP contribution in [0.25, 0.3) is 0 Å². The van der Waals surface area contributed by atoms with E-state index >= 15 is 0 Å². The molecule has 0 amide bonds. The molecule has 0 atom stereocenters. The van der Waals surface area contributed by atoms with Gasteiger partial charge in [-0.25, -0.2) is 0 Å². The number of rotatable bonds is 0. The molecule has 3 radical (unpaired) electrons. The molecular weight excluding hydrogens is 275 g/mol. The van der Waals surface area contributed by atoms with Gasteiger partial charge in [0.05, 0.1) is 0 Å². The van der Waals surface area contributed by atoms with E-state index in [9.17, 15) is 0 Å². The molecule has 27 valence electrons. The minimum atomic E-state index is 0. The second-order valence-corrected chi connectivity index (χ2v) is 0. The Bertz CT molecular complexity index is 11.6. The molecule has 0 rings (SSSR count). The molecule has 0 saturated carbocycles. The summed E-state index contributed by atoms with van der Waals surface area (Å²) in [6.45, 7) is 0. The first-order valence-electron chi connectivity index (χ1n) is 0. The van der Waals surface area contributed by atoms with Crippen molar-refractivity contribution in [1.29, 1.82) is 0 Å². The molecular formula is CrCuKMnZn. The monoisotopic (exact) mass is 273 g/mol. The van der Waals surface area contributed by atoms with Crippen molar-refractivity contribution in [2.45, 2.75) is 0 Å². The molecule has 0 aromatic rings. The molecule has 0 aliphatic rings. The molecule has 0 aromatic heterocycles. The van der Waals surface area contributed by atoms with Gasteiger partial charge in [-0.2, -0.15) is 0 Å². The molecule has 0 spiro atoms. The third-order valence-electron chi connectivity index (χ3n) is 0. The largest absolute Gasteiger partial charge is 0 e. The van der Waals surface area contributed by atoms with E-state index in [1.165, 1.54) is 0 Å². The second kappa shape index (κ2) is 24.9. The van der Waals surface area contributed by atoms with Crippen molar-refractivity contribution < 1.29 is 71.0 Å². The van der Waals surface area contributed by atoms with Crippen molar-refractivity contribution in [2.24, 2.45) is 0 Å². The van der Waals surface area contributed by atoms with Crippen LogP contribution in [0.5, 0.6) is 0 Å². The van der Waals surface area contributed by atoms with Crippen molar-refractivity contribution in [2.75, 3.05) is 0 Å². The molecule has 0 nitrogen and oxygen atoms in total. The summed E-state index contributed by atoms with van der Waals surface area (Å²) in [5, 5.41) is 0. The first kappa shape index (κ1) is 36.9. The summed E-state index contributed by atoms with van der Waals surface area (Å²) in [4.78, 5) is 0. The van der Waals surface area contributed by atoms with Gasteiger partial charge in [-0.05, 0) is 0 Å². The summed E-state index contributed by atoms with van der Waals surface area (Å²) in [6.07, 6.45) is 0. The van der Waals surface area contributed by atoms with Crippen LogP contribution in [0.2, 0.25) is 0 Å². The first-order chi connectivity index (χ1) is 0. The molecule has 0 N–H and O–H groups in total. The predicted octanol–water partition coefficient (Wildman–Crippen LogP) is -0.391. The molecule has 5 heteroatoms. The summed E-state index contributed by atoms with van der Waals surface area (Å²) in [5.41, 5.74) is 0. The van der Waals surface area contributed by atoms with Crippen LogP contribution in [0.3, 0.4) is 0 Å². The summed E-state index contributed by atoms with van der Waals surface area (Å²) in [7, 11) is 0. The smallest absolute Gasteiger partial charge is 0 e. The molecule has 0 aromatic carbocycles. The standard InChI is InChI=1S/Cr.Cu.K.Mn.Zn. The Kier molecular flexibility index (Phi) is 184. The van der Waals surface area contributed by atoms with Crippen molar-refractivity contribution >= 4 is 51.4 Å². The van der Waals surface area contributed by atoms with Gasteiger partial charge in [-0.1, -0.05) is 0 Å². The summed E-state index contributed by atoms with van der Waals surface area (Å²) in [6, 6.07) is 0. The Morgan fingerprint density at radius 3 is 1.00 bits per heavy atom. The van der Waals surface area contributed by atoms with E-state index in [0.29, 0.717) is 0 Å². The van der Waals surface area contributed by atoms with E-state index in [2.05, 4.69) is 0 Å². The summed E-state index contributed by atoms with van der Waals surface area (Å²) in [5.74, 6) is 0. The Labute approximate surface area is 119 Å². The normalized spacial score (nSPS) is 0. The molecule has 0 saturated heterocycles. The van der Waals surface area contributed by atoms with Crippen LogP contribution in [0.15, 0.2) is 0 Å². The van der Waals surface area contributed by atoms with Gasteiger partial charge in [0.25, 0.3) is 0 Å². The zero-order valence-corrected chi connectivity index (χ0v) is 12.3. The maximum absolute atomic E-state index is 0. The fraction of sp³-hybridized carbons (Fsp3) is 0. The number of hydrogen-bond donors (Lipinski definition) is 0. The molecule has 0 bridgehead atoms. The van der Waals surface area contributed by atoms with Crippen LogP contribution in [0.1, 0.15) is 0 Å². The van der Waals surface area contributed by atoms with Crippen LogP contribution in [0, 0.1) is 0 Å². The minimum Gasteiger partial charge on any atom is 0 e. The average Bonchev–Trinajstić information content (AvgIpc) is 0. The molecule has 0 unspecified atom stereocenters. The van der Waals surface area contributed by atoms with E-state index in [4.69, 9.17) is 0 Å². The maximum atomic E-state index is 0. The van der Waals surface area contributed by atoms with Crippen LogP contribution in [-0.2, 0) is 71.0 Å². The third kappa shape index (κ3) is 18.1. The van der Waals surface area contributed by atoms with Crippen molar-refractivity contribution in [3.8, 4) is 0 Å². The Morgan fingerprint density at radius 1 is 1.00 bits per heavy atom. The van der Waals surface area contributed by atoms with Gasteiger partial charge in [-0.15, -0.1) is 0 Å². The topological polar surface area (TPSA) is 0 Å². The van der Waals surface area contributed by atoms with Gasteiger partial charge in [-0.3, -0.25) is 0 Å². The zero-order valence-electron chi connectivity index (χ0n) is 2.79. The van der Waals surface area contributed by atoms with Crippen LogP contribution in [0.4, 0.5) is 0 Å². The fourth-order valence-electron chi connectivity index (χ4n) is 0. The second-order valence-electron chi connectivity index (χ2n) is 0. The zero-order chi connectivity index (χ0) is 0. The first-order valence-corrected chi connectivity index (χ1v) is 0. The van der Waals surface area contributed by atoms with E-state index in [1.54, 1.807) is 0 Å². The van der Waals surface area contributed by atoms with Crippen LogP contribution < -0.4 is 0 Å². The van der Waals surface area contributed by atoms with E-state index in [1.807, 2.05) is 0 Å². The van der Waals surface area contributed by atoms with Crippen LogP contribution >= 0.6 is 0 Å². The third-order valence-corrected chi connectivity index (χ3v) is 0. The van der Waals surface area contributed by atoms with Crippen molar-refractivity contribution in [3.63, 3.8) is 0 Å². The maximum Gasteiger partial charge on any atom is 0 e. The SMILES string of the molecule is [Cr].[Cu].[K].[Mn].[Zn]. The van der Waals surface area contributed by atoms with Crippen LogP contribution in [-0.4, -0.2) is 51.4 Å². The molecule has 0 heterocycles. The average molecular weight is 275 g/mol. The van der Waals surface area contributed by atoms with Gasteiger partial charge in [0, 0.05) is 122 Å². The van der Waals surface area contributed by atoms with E-state index in [0.717, 1.165) is 0 Å². The van der Waals surface area contributed by atoms with E-state index in [-0.39, 0.29) is 122 Å². The summed E-state index contributed by atoms with van der Waals surface area (Å²) >= 11 is 0.